The summed E-state index contributed by atoms with van der Waals surface area (Å²) in [6.45, 7) is 0. The van der Waals surface area contributed by atoms with E-state index in [9.17, 15) is 4.39 Å². The number of halogens is 1. The molecule has 0 amide bonds. The van der Waals surface area contributed by atoms with Crippen molar-refractivity contribution in [2.45, 2.75) is 6.42 Å². The number of nitriles is 2. The molecular formula is C11H5FN2. The zero-order valence-electron chi connectivity index (χ0n) is 7.21. The molecule has 0 aliphatic rings. The van der Waals surface area contributed by atoms with Crippen molar-refractivity contribution in [3.63, 3.8) is 0 Å². The van der Waals surface area contributed by atoms with Gasteiger partial charge in [-0.3, -0.25) is 0 Å². The van der Waals surface area contributed by atoms with E-state index in [0.29, 0.717) is 11.1 Å². The van der Waals surface area contributed by atoms with Crippen molar-refractivity contribution in [3.05, 3.63) is 35.1 Å². The van der Waals surface area contributed by atoms with Gasteiger partial charge in [0.25, 0.3) is 0 Å². The highest BCUT2D eigenvalue weighted by Crippen LogP contribution is 2.10. The molecule has 0 N–H and O–H groups in total. The highest BCUT2D eigenvalue weighted by molar-refractivity contribution is 5.44. The molecule has 0 unspecified atom stereocenters. The Labute approximate surface area is 81.2 Å². The Kier molecular flexibility index (Phi) is 3.25. The van der Waals surface area contributed by atoms with E-state index in [1.165, 1.54) is 18.2 Å². The fourth-order valence-corrected chi connectivity index (χ4v) is 1.000. The molecule has 3 heteroatoms. The lowest BCUT2D eigenvalue weighted by molar-refractivity contribution is 0.627. The standard InChI is InChI=1S/C11H5FN2/c12-11-4-3-9(5-7-14)10(8-11)2-1-6-13/h3-4,8H,5H2. The summed E-state index contributed by atoms with van der Waals surface area (Å²) in [5, 5.41) is 16.7. The van der Waals surface area contributed by atoms with Gasteiger partial charge in [-0.1, -0.05) is 12.0 Å². The van der Waals surface area contributed by atoms with Crippen LogP contribution in [0.4, 0.5) is 4.39 Å². The summed E-state index contributed by atoms with van der Waals surface area (Å²) in [7, 11) is 0. The van der Waals surface area contributed by atoms with Crippen LogP contribution in [-0.2, 0) is 6.42 Å². The van der Waals surface area contributed by atoms with Crippen LogP contribution in [0.15, 0.2) is 18.2 Å². The van der Waals surface area contributed by atoms with Gasteiger partial charge in [0.1, 0.15) is 5.82 Å². The SMILES string of the molecule is N#CC#Cc1cc(F)ccc1CC#N. The van der Waals surface area contributed by atoms with Crippen molar-refractivity contribution < 1.29 is 4.39 Å². The molecule has 0 radical (unpaired) electrons. The van der Waals surface area contributed by atoms with Crippen molar-refractivity contribution in [3.8, 4) is 24.0 Å². The van der Waals surface area contributed by atoms with E-state index in [2.05, 4.69) is 11.8 Å². The van der Waals surface area contributed by atoms with Crippen molar-refractivity contribution >= 4 is 0 Å². The lowest BCUT2D eigenvalue weighted by atomic mass is 10.1. The summed E-state index contributed by atoms with van der Waals surface area (Å²) in [5.74, 6) is 4.23. The van der Waals surface area contributed by atoms with Crippen molar-refractivity contribution in [2.24, 2.45) is 0 Å². The summed E-state index contributed by atoms with van der Waals surface area (Å²) in [6, 6.07) is 7.57. The number of hydrogen-bond donors (Lipinski definition) is 0. The summed E-state index contributed by atoms with van der Waals surface area (Å²) in [6.07, 6.45) is 0.162. The monoisotopic (exact) mass is 184 g/mol. The first-order valence-electron chi connectivity index (χ1n) is 3.83. The van der Waals surface area contributed by atoms with Gasteiger partial charge in [-0.25, -0.2) is 4.39 Å². The molecule has 0 saturated carbocycles. The number of hydrogen-bond acceptors (Lipinski definition) is 2. The van der Waals surface area contributed by atoms with E-state index in [1.54, 1.807) is 6.07 Å². The van der Waals surface area contributed by atoms with Gasteiger partial charge in [0.15, 0.2) is 6.07 Å². The quantitative estimate of drug-likeness (QED) is 0.624. The highest BCUT2D eigenvalue weighted by Gasteiger charge is 2.00. The Morgan fingerprint density at radius 3 is 2.71 bits per heavy atom. The first-order valence-corrected chi connectivity index (χ1v) is 3.83. The Morgan fingerprint density at radius 2 is 2.07 bits per heavy atom. The van der Waals surface area contributed by atoms with Gasteiger partial charge in [-0.15, -0.1) is 0 Å². The van der Waals surface area contributed by atoms with Crippen molar-refractivity contribution in [2.75, 3.05) is 0 Å². The summed E-state index contributed by atoms with van der Waals surface area (Å²) in [5.41, 5.74) is 1.03. The van der Waals surface area contributed by atoms with E-state index in [0.717, 1.165) is 0 Å². The predicted octanol–water partition coefficient (Wildman–Crippen LogP) is 1.77. The van der Waals surface area contributed by atoms with Crippen molar-refractivity contribution in [1.29, 1.82) is 10.5 Å². The van der Waals surface area contributed by atoms with Crippen LogP contribution in [0.2, 0.25) is 0 Å². The Bertz CT molecular complexity index is 481. The maximum absolute atomic E-state index is 12.8. The second-order valence-electron chi connectivity index (χ2n) is 2.50. The minimum absolute atomic E-state index is 0.162. The molecule has 0 saturated heterocycles. The zero-order chi connectivity index (χ0) is 10.4. The topological polar surface area (TPSA) is 47.6 Å². The van der Waals surface area contributed by atoms with E-state index >= 15 is 0 Å². The third-order valence-electron chi connectivity index (χ3n) is 1.59. The van der Waals surface area contributed by atoms with Crippen LogP contribution in [0.25, 0.3) is 0 Å². The molecule has 0 spiro atoms. The maximum Gasteiger partial charge on any atom is 0.152 e. The van der Waals surface area contributed by atoms with Crippen LogP contribution in [-0.4, -0.2) is 0 Å². The van der Waals surface area contributed by atoms with Crippen LogP contribution in [0, 0.1) is 40.3 Å². The van der Waals surface area contributed by atoms with Crippen LogP contribution in [0.5, 0.6) is 0 Å². The van der Waals surface area contributed by atoms with Gasteiger partial charge in [0, 0.05) is 11.5 Å². The van der Waals surface area contributed by atoms with Gasteiger partial charge in [0.05, 0.1) is 12.5 Å². The van der Waals surface area contributed by atoms with Gasteiger partial charge in [0.2, 0.25) is 0 Å². The molecule has 1 aromatic rings. The van der Waals surface area contributed by atoms with E-state index in [-0.39, 0.29) is 6.42 Å². The van der Waals surface area contributed by atoms with Gasteiger partial charge < -0.3 is 0 Å². The average molecular weight is 184 g/mol. The first kappa shape index (κ1) is 9.78. The highest BCUT2D eigenvalue weighted by atomic mass is 19.1. The Hall–Kier alpha value is -2.31. The second kappa shape index (κ2) is 4.65. The van der Waals surface area contributed by atoms with Crippen LogP contribution >= 0.6 is 0 Å². The molecule has 0 aromatic heterocycles. The summed E-state index contributed by atoms with van der Waals surface area (Å²) in [4.78, 5) is 0. The molecule has 0 atom stereocenters. The third kappa shape index (κ3) is 2.34. The van der Waals surface area contributed by atoms with Gasteiger partial charge in [-0.2, -0.15) is 10.5 Å². The molecule has 0 fully saturated rings. The summed E-state index contributed by atoms with van der Waals surface area (Å²) >= 11 is 0. The van der Waals surface area contributed by atoms with Crippen LogP contribution in [0.1, 0.15) is 11.1 Å². The summed E-state index contributed by atoms with van der Waals surface area (Å²) < 4.78 is 12.8. The molecule has 1 aromatic carbocycles. The number of rotatable bonds is 1. The minimum atomic E-state index is -0.422. The van der Waals surface area contributed by atoms with Gasteiger partial charge in [-0.05, 0) is 17.7 Å². The molecule has 0 heterocycles. The number of benzene rings is 1. The predicted molar refractivity (Wildman–Crippen MR) is 48.2 cm³/mol. The molecule has 0 aliphatic heterocycles. The van der Waals surface area contributed by atoms with Gasteiger partial charge >= 0.3 is 0 Å². The molecule has 66 valence electrons. The molecular weight excluding hydrogens is 179 g/mol. The van der Waals surface area contributed by atoms with E-state index in [4.69, 9.17) is 10.5 Å². The molecule has 0 bridgehead atoms. The first-order chi connectivity index (χ1) is 6.77. The molecule has 14 heavy (non-hydrogen) atoms. The largest absolute Gasteiger partial charge is 0.207 e. The Morgan fingerprint density at radius 1 is 1.29 bits per heavy atom. The lowest BCUT2D eigenvalue weighted by Crippen LogP contribution is -1.89. The molecule has 2 nitrogen and oxygen atoms in total. The average Bonchev–Trinajstić information content (AvgIpc) is 2.18. The fourth-order valence-electron chi connectivity index (χ4n) is 1.000. The Balaban J connectivity index is 3.18. The zero-order valence-corrected chi connectivity index (χ0v) is 7.21. The van der Waals surface area contributed by atoms with E-state index in [1.807, 2.05) is 6.07 Å². The maximum atomic E-state index is 12.8. The van der Waals surface area contributed by atoms with Crippen LogP contribution < -0.4 is 0 Å². The normalized spacial score (nSPS) is 7.93. The van der Waals surface area contributed by atoms with E-state index < -0.39 is 5.82 Å². The lowest BCUT2D eigenvalue weighted by Gasteiger charge is -1.98. The molecule has 1 rings (SSSR count). The molecule has 0 aliphatic carbocycles. The third-order valence-corrected chi connectivity index (χ3v) is 1.59. The fraction of sp³-hybridized carbons (Fsp3) is 0.0909. The van der Waals surface area contributed by atoms with Crippen LogP contribution in [0.3, 0.4) is 0 Å². The minimum Gasteiger partial charge on any atom is -0.207 e. The van der Waals surface area contributed by atoms with Crippen molar-refractivity contribution in [1.82, 2.24) is 0 Å². The smallest absolute Gasteiger partial charge is 0.152 e. The second-order valence-corrected chi connectivity index (χ2v) is 2.50. The number of nitrogens with zero attached hydrogens (tertiary/aromatic N) is 2.